The molecule has 23 heavy (non-hydrogen) atoms. The second kappa shape index (κ2) is 8.53. The standard InChI is InChI=1S/C20H25NO2/c1-3-5-7-9-13-16(12-8-6-4-2)21-19(22)17-14-10-11-15-18(17)20(21)23/h10-11,14-16H,3-8,12H2,1-2H3. The Labute approximate surface area is 139 Å². The Morgan fingerprint density at radius 1 is 0.957 bits per heavy atom. The molecule has 1 heterocycles. The van der Waals surface area contributed by atoms with Crippen molar-refractivity contribution in [1.29, 1.82) is 0 Å². The molecule has 1 atom stereocenters. The number of benzene rings is 1. The van der Waals surface area contributed by atoms with Crippen molar-refractivity contribution in [2.75, 3.05) is 0 Å². The molecule has 0 fully saturated rings. The first-order chi connectivity index (χ1) is 11.2. The maximum atomic E-state index is 12.6. The summed E-state index contributed by atoms with van der Waals surface area (Å²) in [6, 6.07) is 6.75. The lowest BCUT2D eigenvalue weighted by Gasteiger charge is -2.21. The van der Waals surface area contributed by atoms with Gasteiger partial charge in [-0.25, -0.2) is 0 Å². The van der Waals surface area contributed by atoms with Crippen LogP contribution in [-0.4, -0.2) is 22.8 Å². The predicted molar refractivity (Wildman–Crippen MR) is 92.2 cm³/mol. The van der Waals surface area contributed by atoms with Crippen molar-refractivity contribution >= 4 is 11.8 Å². The predicted octanol–water partition coefficient (Wildman–Crippen LogP) is 4.43. The van der Waals surface area contributed by atoms with Gasteiger partial charge in [0.2, 0.25) is 0 Å². The van der Waals surface area contributed by atoms with Crippen molar-refractivity contribution in [2.24, 2.45) is 0 Å². The molecule has 0 N–H and O–H groups in total. The summed E-state index contributed by atoms with van der Waals surface area (Å²) >= 11 is 0. The van der Waals surface area contributed by atoms with Gasteiger partial charge in [-0.1, -0.05) is 57.6 Å². The SMILES string of the molecule is CCCCC#CC(CCCCC)N1C(=O)c2ccccc2C1=O. The number of nitrogens with zero attached hydrogens (tertiary/aromatic N) is 1. The van der Waals surface area contributed by atoms with Gasteiger partial charge in [0.25, 0.3) is 11.8 Å². The van der Waals surface area contributed by atoms with Gasteiger partial charge in [0.1, 0.15) is 6.04 Å². The van der Waals surface area contributed by atoms with E-state index >= 15 is 0 Å². The smallest absolute Gasteiger partial charge is 0.262 e. The maximum absolute atomic E-state index is 12.6. The second-order valence-corrected chi connectivity index (χ2v) is 5.96. The molecule has 0 bridgehead atoms. The van der Waals surface area contributed by atoms with E-state index in [1.54, 1.807) is 24.3 Å². The Balaban J connectivity index is 2.19. The molecule has 0 radical (unpaired) electrons. The fourth-order valence-electron chi connectivity index (χ4n) is 2.80. The third kappa shape index (κ3) is 4.01. The number of hydrogen-bond donors (Lipinski definition) is 0. The van der Waals surface area contributed by atoms with Crippen LogP contribution in [0.5, 0.6) is 0 Å². The minimum atomic E-state index is -0.300. The largest absolute Gasteiger partial charge is 0.269 e. The highest BCUT2D eigenvalue weighted by molar-refractivity contribution is 6.21. The van der Waals surface area contributed by atoms with Gasteiger partial charge in [-0.2, -0.15) is 0 Å². The van der Waals surface area contributed by atoms with Crippen molar-refractivity contribution in [3.05, 3.63) is 35.4 Å². The van der Waals surface area contributed by atoms with Gasteiger partial charge in [0.15, 0.2) is 0 Å². The third-order valence-electron chi connectivity index (χ3n) is 4.14. The lowest BCUT2D eigenvalue weighted by atomic mass is 10.1. The Morgan fingerprint density at radius 2 is 1.57 bits per heavy atom. The molecule has 0 aliphatic carbocycles. The van der Waals surface area contributed by atoms with Crippen LogP contribution < -0.4 is 0 Å². The van der Waals surface area contributed by atoms with Crippen LogP contribution in [0.2, 0.25) is 0 Å². The normalized spacial score (nSPS) is 14.4. The van der Waals surface area contributed by atoms with Crippen LogP contribution in [0.1, 0.15) is 79.5 Å². The molecule has 0 saturated carbocycles. The molecule has 0 spiro atoms. The van der Waals surface area contributed by atoms with Crippen molar-refractivity contribution in [2.45, 2.75) is 64.8 Å². The molecule has 0 saturated heterocycles. The molecule has 1 aliphatic rings. The van der Waals surface area contributed by atoms with Crippen LogP contribution in [-0.2, 0) is 0 Å². The zero-order valence-electron chi connectivity index (χ0n) is 14.1. The van der Waals surface area contributed by atoms with E-state index in [0.717, 1.165) is 44.9 Å². The molecular formula is C20H25NO2. The number of hydrogen-bond acceptors (Lipinski definition) is 2. The fraction of sp³-hybridized carbons (Fsp3) is 0.500. The summed E-state index contributed by atoms with van der Waals surface area (Å²) in [4.78, 5) is 26.6. The monoisotopic (exact) mass is 311 g/mol. The maximum Gasteiger partial charge on any atom is 0.262 e. The van der Waals surface area contributed by atoms with Crippen molar-refractivity contribution < 1.29 is 9.59 Å². The van der Waals surface area contributed by atoms with Crippen LogP contribution in [0.15, 0.2) is 24.3 Å². The molecule has 0 aromatic heterocycles. The summed E-state index contributed by atoms with van der Waals surface area (Å²) in [7, 11) is 0. The van der Waals surface area contributed by atoms with Crippen molar-refractivity contribution in [3.63, 3.8) is 0 Å². The number of amides is 2. The number of imide groups is 1. The van der Waals surface area contributed by atoms with Crippen molar-refractivity contribution in [3.8, 4) is 11.8 Å². The molecule has 1 unspecified atom stereocenters. The Morgan fingerprint density at radius 3 is 2.13 bits per heavy atom. The van der Waals surface area contributed by atoms with Gasteiger partial charge in [-0.05, 0) is 25.0 Å². The number of carbonyl (C=O) groups excluding carboxylic acids is 2. The summed E-state index contributed by atoms with van der Waals surface area (Å²) in [6.07, 6.45) is 6.92. The van der Waals surface area contributed by atoms with E-state index in [1.807, 2.05) is 0 Å². The quantitative estimate of drug-likeness (QED) is 0.424. The number of fused-ring (bicyclic) bond motifs is 1. The first kappa shape index (κ1) is 17.3. The highest BCUT2D eigenvalue weighted by atomic mass is 16.2. The van der Waals surface area contributed by atoms with E-state index in [-0.39, 0.29) is 17.9 Å². The highest BCUT2D eigenvalue weighted by Crippen LogP contribution is 2.26. The van der Waals surface area contributed by atoms with Gasteiger partial charge < -0.3 is 0 Å². The van der Waals surface area contributed by atoms with E-state index < -0.39 is 0 Å². The van der Waals surface area contributed by atoms with E-state index in [0.29, 0.717) is 11.1 Å². The zero-order chi connectivity index (χ0) is 16.7. The van der Waals surface area contributed by atoms with Gasteiger partial charge in [0.05, 0.1) is 11.1 Å². The van der Waals surface area contributed by atoms with E-state index in [9.17, 15) is 9.59 Å². The number of rotatable bonds is 7. The summed E-state index contributed by atoms with van der Waals surface area (Å²) in [6.45, 7) is 4.27. The fourth-order valence-corrected chi connectivity index (χ4v) is 2.80. The minimum Gasteiger partial charge on any atom is -0.269 e. The molecule has 2 amide bonds. The topological polar surface area (TPSA) is 37.4 Å². The van der Waals surface area contributed by atoms with Gasteiger partial charge in [-0.3, -0.25) is 14.5 Å². The van der Waals surface area contributed by atoms with Gasteiger partial charge >= 0.3 is 0 Å². The third-order valence-corrected chi connectivity index (χ3v) is 4.14. The van der Waals surface area contributed by atoms with E-state index in [2.05, 4.69) is 25.7 Å². The minimum absolute atomic E-state index is 0.197. The average molecular weight is 311 g/mol. The Bertz CT molecular complexity index is 589. The van der Waals surface area contributed by atoms with Crippen LogP contribution >= 0.6 is 0 Å². The second-order valence-electron chi connectivity index (χ2n) is 5.96. The average Bonchev–Trinajstić information content (AvgIpc) is 2.82. The molecule has 3 nitrogen and oxygen atoms in total. The van der Waals surface area contributed by atoms with Gasteiger partial charge in [0, 0.05) is 6.42 Å². The molecule has 1 aliphatic heterocycles. The van der Waals surface area contributed by atoms with Crippen LogP contribution in [0.25, 0.3) is 0 Å². The molecule has 3 heteroatoms. The van der Waals surface area contributed by atoms with E-state index in [4.69, 9.17) is 0 Å². The summed E-state index contributed by atoms with van der Waals surface area (Å²) in [5, 5.41) is 0. The molecule has 1 aromatic carbocycles. The van der Waals surface area contributed by atoms with E-state index in [1.165, 1.54) is 4.90 Å². The molecule has 122 valence electrons. The Kier molecular flexibility index (Phi) is 6.40. The number of carbonyl (C=O) groups is 2. The summed E-state index contributed by atoms with van der Waals surface area (Å²) < 4.78 is 0. The van der Waals surface area contributed by atoms with Crippen LogP contribution in [0.3, 0.4) is 0 Å². The first-order valence-corrected chi connectivity index (χ1v) is 8.66. The molecule has 2 rings (SSSR count). The first-order valence-electron chi connectivity index (χ1n) is 8.66. The molecular weight excluding hydrogens is 286 g/mol. The lowest BCUT2D eigenvalue weighted by molar-refractivity contribution is 0.0613. The van der Waals surface area contributed by atoms with Crippen molar-refractivity contribution in [1.82, 2.24) is 4.90 Å². The molecule has 1 aromatic rings. The lowest BCUT2D eigenvalue weighted by Crippen LogP contribution is -2.39. The number of unbranched alkanes of at least 4 members (excludes halogenated alkanes) is 4. The van der Waals surface area contributed by atoms with Gasteiger partial charge in [-0.15, -0.1) is 5.92 Å². The van der Waals surface area contributed by atoms with Crippen LogP contribution in [0, 0.1) is 11.8 Å². The highest BCUT2D eigenvalue weighted by Gasteiger charge is 2.38. The van der Waals surface area contributed by atoms with Crippen LogP contribution in [0.4, 0.5) is 0 Å². The summed E-state index contributed by atoms with van der Waals surface area (Å²) in [5.41, 5.74) is 1.02. The zero-order valence-corrected chi connectivity index (χ0v) is 14.1. The Hall–Kier alpha value is -2.08. The summed E-state index contributed by atoms with van der Waals surface area (Å²) in [5.74, 6) is 5.95.